The van der Waals surface area contributed by atoms with Crippen molar-refractivity contribution < 1.29 is 23.3 Å². The molecule has 9 rings (SSSR count). The molecular weight excluding hydrogens is 950 g/mol. The van der Waals surface area contributed by atoms with Crippen LogP contribution in [0.4, 0.5) is 0 Å². The number of nitrogens with one attached hydrogen (secondary N) is 1. The highest BCUT2D eigenvalue weighted by Gasteiger charge is 2.48. The number of thiazole rings is 1. The fraction of sp³-hybridized carbons (Fsp3) is 0.491. The van der Waals surface area contributed by atoms with Gasteiger partial charge in [-0.25, -0.2) is 4.98 Å². The smallest absolute Gasteiger partial charge is 0.282 e. The SMILES string of the molecule is Cc1ncsc1-c1ccc([C@H](C)NC(=O)[C@@H]2C[C@@H](O[Si](C)(C)C(C)(C)C)CN2C(=O)[C@@H](c2cc(OCCN3CCC(c4ccc5c(c4)C(C)(C)c4nc(=O)c6c(Cl)cccc6n4-5)CC3)no2)C(C)C)cc1. The van der Waals surface area contributed by atoms with Gasteiger partial charge in [0.05, 0.1) is 55.3 Å². The summed E-state index contributed by atoms with van der Waals surface area (Å²) in [6, 6.07) is 21.2. The quantitative estimate of drug-likeness (QED) is 0.105. The number of likely N-dealkylation sites (tertiary alicyclic amines) is 2. The van der Waals surface area contributed by atoms with Crippen molar-refractivity contribution >= 4 is 54.0 Å². The van der Waals surface area contributed by atoms with Crippen LogP contribution in [0.3, 0.4) is 0 Å². The van der Waals surface area contributed by atoms with Crippen LogP contribution in [0.2, 0.25) is 23.2 Å². The molecule has 16 heteroatoms. The number of piperidine rings is 1. The lowest BCUT2D eigenvalue weighted by atomic mass is 9.81. The molecule has 0 radical (unpaired) electrons. The molecular formula is C55H68ClN7O6SSi. The molecule has 2 amide bonds. The Kier molecular flexibility index (Phi) is 14.1. The molecule has 2 fully saturated rings. The third-order valence-corrected chi connectivity index (χ3v) is 21.5. The van der Waals surface area contributed by atoms with Crippen molar-refractivity contribution in [3.63, 3.8) is 0 Å². The Morgan fingerprint density at radius 1 is 1.03 bits per heavy atom. The maximum Gasteiger partial charge on any atom is 0.282 e. The van der Waals surface area contributed by atoms with E-state index in [1.54, 1.807) is 28.4 Å². The summed E-state index contributed by atoms with van der Waals surface area (Å²) in [6.07, 6.45) is 2.13. The second-order valence-corrected chi connectivity index (χ2v) is 28.2. The van der Waals surface area contributed by atoms with Crippen LogP contribution >= 0.6 is 22.9 Å². The maximum absolute atomic E-state index is 14.9. The molecule has 1 N–H and O–H groups in total. The van der Waals surface area contributed by atoms with Crippen molar-refractivity contribution in [2.45, 2.75) is 135 Å². The van der Waals surface area contributed by atoms with Crippen LogP contribution in [0.15, 0.2) is 81.6 Å². The average molecular weight is 1020 g/mol. The Balaban J connectivity index is 0.828. The summed E-state index contributed by atoms with van der Waals surface area (Å²) in [5.74, 6) is 0.650. The molecule has 0 saturated carbocycles. The van der Waals surface area contributed by atoms with Gasteiger partial charge in [-0.3, -0.25) is 23.9 Å². The third kappa shape index (κ3) is 9.89. The minimum Gasteiger partial charge on any atom is -0.474 e. The van der Waals surface area contributed by atoms with Crippen LogP contribution in [0.1, 0.15) is 126 Å². The van der Waals surface area contributed by atoms with Gasteiger partial charge in [0.15, 0.2) is 14.1 Å². The number of amides is 2. The van der Waals surface area contributed by atoms with Gasteiger partial charge in [-0.15, -0.1) is 11.3 Å². The zero-order valence-corrected chi connectivity index (χ0v) is 45.5. The fourth-order valence-corrected chi connectivity index (χ4v) is 13.0. The van der Waals surface area contributed by atoms with Crippen molar-refractivity contribution in [3.8, 4) is 22.0 Å². The first kappa shape index (κ1) is 50.7. The van der Waals surface area contributed by atoms with Crippen LogP contribution in [-0.4, -0.2) is 94.6 Å². The Hall–Kier alpha value is -5.19. The first-order valence-electron chi connectivity index (χ1n) is 25.1. The number of hydrogen-bond donors (Lipinski definition) is 1. The van der Waals surface area contributed by atoms with Crippen molar-refractivity contribution in [1.29, 1.82) is 0 Å². The predicted octanol–water partition coefficient (Wildman–Crippen LogP) is 11.0. The number of fused-ring (bicyclic) bond motifs is 5. The Morgan fingerprint density at radius 2 is 1.76 bits per heavy atom. The third-order valence-electron chi connectivity index (χ3n) is 15.7. The monoisotopic (exact) mass is 1020 g/mol. The summed E-state index contributed by atoms with van der Waals surface area (Å²) in [6.45, 7) is 26.5. The second-order valence-electron chi connectivity index (χ2n) is 22.2. The lowest BCUT2D eigenvalue weighted by Crippen LogP contribution is -2.48. The van der Waals surface area contributed by atoms with Crippen LogP contribution in [0, 0.1) is 12.8 Å². The van der Waals surface area contributed by atoms with Crippen molar-refractivity contribution in [1.82, 2.24) is 34.8 Å². The van der Waals surface area contributed by atoms with Crippen molar-refractivity contribution in [2.75, 3.05) is 32.8 Å². The Bertz CT molecular complexity index is 3010. The number of carbonyl (C=O) groups is 2. The fourth-order valence-electron chi connectivity index (χ4n) is 10.5. The van der Waals surface area contributed by atoms with E-state index in [9.17, 15) is 14.4 Å². The molecule has 4 atom stereocenters. The van der Waals surface area contributed by atoms with E-state index in [0.29, 0.717) is 47.5 Å². The van der Waals surface area contributed by atoms with Gasteiger partial charge in [-0.1, -0.05) is 88.7 Å². The number of rotatable bonds is 14. The molecule has 13 nitrogen and oxygen atoms in total. The van der Waals surface area contributed by atoms with Gasteiger partial charge in [-0.2, -0.15) is 4.98 Å². The normalized spacial score (nSPS) is 19.3. The zero-order valence-electron chi connectivity index (χ0n) is 43.0. The summed E-state index contributed by atoms with van der Waals surface area (Å²) in [4.78, 5) is 56.6. The highest BCUT2D eigenvalue weighted by Crippen LogP contribution is 2.45. The van der Waals surface area contributed by atoms with Crippen LogP contribution in [0.25, 0.3) is 27.0 Å². The minimum atomic E-state index is -2.23. The summed E-state index contributed by atoms with van der Waals surface area (Å²) in [7, 11) is -2.23. The Labute approximate surface area is 427 Å². The standard InChI is InChI=1S/C55H68ClN7O6SSi/c1-32(2)47(52(66)62-30-39(69-71(10,11)54(5,6)7)28-44(62)50(64)58-33(3)35-15-17-37(18-16-35)49-34(4)57-31-70-49)45-29-46(60-68-45)67-26-25-61-23-21-36(22-24-61)38-19-20-42-40(27-38)55(8,9)53-59-51(65)48-41(56)13-12-14-43(48)63(42)53/h12-20,27,29,31-33,36,39,44,47H,21-26,28,30H2,1-11H3,(H,58,64)/t33-,39+,44-,47+/m0/s1. The van der Waals surface area contributed by atoms with Gasteiger partial charge in [0.1, 0.15) is 24.4 Å². The van der Waals surface area contributed by atoms with Gasteiger partial charge in [0.2, 0.25) is 11.8 Å². The number of aryl methyl sites for hydroxylation is 1. The summed E-state index contributed by atoms with van der Waals surface area (Å²) < 4.78 is 21.1. The number of carbonyl (C=O) groups excluding carboxylic acids is 2. The highest BCUT2D eigenvalue weighted by molar-refractivity contribution is 7.13. The van der Waals surface area contributed by atoms with Crippen molar-refractivity contribution in [2.24, 2.45) is 5.92 Å². The molecule has 3 aliphatic rings. The molecule has 0 unspecified atom stereocenters. The topological polar surface area (TPSA) is 145 Å². The van der Waals surface area contributed by atoms with E-state index < -0.39 is 25.7 Å². The van der Waals surface area contributed by atoms with E-state index >= 15 is 0 Å². The number of nitrogens with zero attached hydrogens (tertiary/aromatic N) is 6. The molecule has 6 heterocycles. The molecule has 2 saturated heterocycles. The second kappa shape index (κ2) is 19.7. The molecule has 3 aromatic carbocycles. The Morgan fingerprint density at radius 3 is 2.44 bits per heavy atom. The van der Waals surface area contributed by atoms with Crippen LogP contribution in [0.5, 0.6) is 5.88 Å². The molecule has 0 aliphatic carbocycles. The minimum absolute atomic E-state index is 0.0431. The molecule has 3 aromatic heterocycles. The molecule has 0 bridgehead atoms. The van der Waals surface area contributed by atoms with Crippen molar-refractivity contribution in [3.05, 3.63) is 122 Å². The largest absolute Gasteiger partial charge is 0.474 e. The molecule has 376 valence electrons. The lowest BCUT2D eigenvalue weighted by molar-refractivity contribution is -0.141. The van der Waals surface area contributed by atoms with Gasteiger partial charge >= 0.3 is 0 Å². The first-order valence-corrected chi connectivity index (χ1v) is 29.3. The van der Waals surface area contributed by atoms with E-state index in [0.717, 1.165) is 76.8 Å². The number of halogens is 1. The molecule has 3 aliphatic heterocycles. The number of aromatic nitrogens is 4. The lowest BCUT2D eigenvalue weighted by Gasteiger charge is -2.38. The predicted molar refractivity (Wildman–Crippen MR) is 284 cm³/mol. The van der Waals surface area contributed by atoms with E-state index in [1.807, 2.05) is 57.5 Å². The maximum atomic E-state index is 14.9. The van der Waals surface area contributed by atoms with E-state index in [2.05, 4.69) is 108 Å². The van der Waals surface area contributed by atoms with Crippen LogP contribution < -0.4 is 15.6 Å². The first-order chi connectivity index (χ1) is 33.6. The number of benzene rings is 3. The summed E-state index contributed by atoms with van der Waals surface area (Å²) >= 11 is 8.10. The van der Waals surface area contributed by atoms with Gasteiger partial charge < -0.3 is 23.9 Å². The highest BCUT2D eigenvalue weighted by atomic mass is 35.5. The molecule has 0 spiro atoms. The van der Waals surface area contributed by atoms with E-state index in [-0.39, 0.29) is 40.5 Å². The van der Waals surface area contributed by atoms with Crippen LogP contribution in [-0.2, 0) is 19.4 Å². The number of ether oxygens (including phenoxy) is 1. The number of hydrogen-bond acceptors (Lipinski definition) is 11. The molecule has 6 aromatic rings. The van der Waals surface area contributed by atoms with Gasteiger partial charge in [-0.05, 0) is 129 Å². The zero-order chi connectivity index (χ0) is 50.7. The van der Waals surface area contributed by atoms with Gasteiger partial charge in [0, 0.05) is 25.6 Å². The summed E-state index contributed by atoms with van der Waals surface area (Å²) in [5.41, 5.74) is 8.44. The average Bonchev–Trinajstić information content (AvgIpc) is 4.12. The molecule has 71 heavy (non-hydrogen) atoms. The van der Waals surface area contributed by atoms with E-state index in [4.69, 9.17) is 25.3 Å². The summed E-state index contributed by atoms with van der Waals surface area (Å²) in [5, 5.41) is 8.32. The van der Waals surface area contributed by atoms with Gasteiger partial charge in [0.25, 0.3) is 11.4 Å². The van der Waals surface area contributed by atoms with E-state index in [1.165, 1.54) is 5.56 Å².